The molecule has 0 aromatic carbocycles. The molecule has 0 aliphatic rings. The van der Waals surface area contributed by atoms with Gasteiger partial charge < -0.3 is 14.2 Å². The third kappa shape index (κ3) is 51.4. The van der Waals surface area contributed by atoms with Crippen molar-refractivity contribution in [2.75, 3.05) is 13.2 Å². The van der Waals surface area contributed by atoms with Crippen molar-refractivity contribution in [3.8, 4) is 0 Å². The zero-order valence-corrected chi connectivity index (χ0v) is 43.8. The molecule has 0 saturated carbocycles. The Morgan fingerprint density at radius 1 is 0.297 bits per heavy atom. The van der Waals surface area contributed by atoms with Gasteiger partial charge in [0.1, 0.15) is 13.2 Å². The molecule has 0 aliphatic carbocycles. The maximum absolute atomic E-state index is 12.8. The number of carbonyl (C=O) groups is 3. The molecule has 0 fully saturated rings. The van der Waals surface area contributed by atoms with Crippen molar-refractivity contribution < 1.29 is 28.6 Å². The third-order valence-corrected chi connectivity index (χ3v) is 13.3. The Balaban J connectivity index is 4.20. The molecule has 0 heterocycles. The summed E-state index contributed by atoms with van der Waals surface area (Å²) in [6.45, 7) is 9.05. The molecule has 0 bridgehead atoms. The molecule has 0 spiro atoms. The Morgan fingerprint density at radius 2 is 0.516 bits per heavy atom. The summed E-state index contributed by atoms with van der Waals surface area (Å²) in [5, 5.41) is 0. The predicted octanol–water partition coefficient (Wildman–Crippen LogP) is 19.0. The quantitative estimate of drug-likeness (QED) is 0.0344. The molecule has 6 nitrogen and oxygen atoms in total. The molecule has 0 N–H and O–H groups in total. The standard InChI is InChI=1S/C58H112O6/c1-5-7-9-11-13-15-17-18-19-20-21-22-23-27-30-34-37-41-45-49-56(59)62-52-55(64-58(61)51-47-43-39-33-16-14-12-10-8-6-2)53-63-57(60)50-46-42-38-35-31-28-25-24-26-29-32-36-40-44-48-54(3)4/h54-55H,5-53H2,1-4H3/t55-/m0/s1. The summed E-state index contributed by atoms with van der Waals surface area (Å²) in [5.74, 6) is 0.00664. The molecule has 0 rings (SSSR count). The van der Waals surface area contributed by atoms with E-state index < -0.39 is 6.10 Å². The van der Waals surface area contributed by atoms with Crippen LogP contribution in [0.4, 0.5) is 0 Å². The first-order chi connectivity index (χ1) is 31.4. The molecule has 0 unspecified atom stereocenters. The van der Waals surface area contributed by atoms with Gasteiger partial charge in [-0.3, -0.25) is 14.4 Å². The molecular formula is C58H112O6. The van der Waals surface area contributed by atoms with Crippen molar-refractivity contribution in [1.82, 2.24) is 0 Å². The molecule has 0 aromatic heterocycles. The third-order valence-electron chi connectivity index (χ3n) is 13.3. The van der Waals surface area contributed by atoms with E-state index in [9.17, 15) is 14.4 Å². The number of esters is 3. The van der Waals surface area contributed by atoms with Crippen molar-refractivity contribution in [1.29, 1.82) is 0 Å². The van der Waals surface area contributed by atoms with Crippen LogP contribution in [0.2, 0.25) is 0 Å². The second kappa shape index (κ2) is 52.4. The van der Waals surface area contributed by atoms with Crippen LogP contribution in [-0.4, -0.2) is 37.2 Å². The number of carbonyl (C=O) groups excluding carboxylic acids is 3. The highest BCUT2D eigenvalue weighted by Crippen LogP contribution is 2.18. The molecule has 380 valence electrons. The largest absolute Gasteiger partial charge is 0.462 e. The van der Waals surface area contributed by atoms with Gasteiger partial charge in [0.2, 0.25) is 0 Å². The van der Waals surface area contributed by atoms with E-state index in [2.05, 4.69) is 27.7 Å². The van der Waals surface area contributed by atoms with E-state index in [1.165, 1.54) is 225 Å². The summed E-state index contributed by atoms with van der Waals surface area (Å²) in [6.07, 6.45) is 56.7. The second-order valence-corrected chi connectivity index (χ2v) is 20.4. The van der Waals surface area contributed by atoms with Gasteiger partial charge in [0.15, 0.2) is 6.10 Å². The Labute approximate surface area is 399 Å². The molecule has 64 heavy (non-hydrogen) atoms. The average molecular weight is 906 g/mol. The maximum atomic E-state index is 12.8. The minimum Gasteiger partial charge on any atom is -0.462 e. The summed E-state index contributed by atoms with van der Waals surface area (Å²) in [7, 11) is 0. The van der Waals surface area contributed by atoms with Crippen molar-refractivity contribution >= 4 is 17.9 Å². The van der Waals surface area contributed by atoms with Gasteiger partial charge in [0, 0.05) is 19.3 Å². The first kappa shape index (κ1) is 62.4. The number of hydrogen-bond acceptors (Lipinski definition) is 6. The highest BCUT2D eigenvalue weighted by Gasteiger charge is 2.19. The normalized spacial score (nSPS) is 12.0. The van der Waals surface area contributed by atoms with Crippen LogP contribution >= 0.6 is 0 Å². The number of ether oxygens (including phenoxy) is 3. The Bertz CT molecular complexity index is 964. The Morgan fingerprint density at radius 3 is 0.766 bits per heavy atom. The van der Waals surface area contributed by atoms with E-state index in [0.29, 0.717) is 19.3 Å². The summed E-state index contributed by atoms with van der Waals surface area (Å²) in [5.41, 5.74) is 0. The van der Waals surface area contributed by atoms with Crippen molar-refractivity contribution in [2.45, 2.75) is 336 Å². The van der Waals surface area contributed by atoms with Crippen molar-refractivity contribution in [3.05, 3.63) is 0 Å². The van der Waals surface area contributed by atoms with Gasteiger partial charge in [-0.1, -0.05) is 291 Å². The topological polar surface area (TPSA) is 78.9 Å². The lowest BCUT2D eigenvalue weighted by Crippen LogP contribution is -2.30. The van der Waals surface area contributed by atoms with Crippen LogP contribution in [0.15, 0.2) is 0 Å². The Kier molecular flexibility index (Phi) is 51.1. The highest BCUT2D eigenvalue weighted by atomic mass is 16.6. The summed E-state index contributed by atoms with van der Waals surface area (Å²) < 4.78 is 16.9. The van der Waals surface area contributed by atoms with Crippen LogP contribution < -0.4 is 0 Å². The van der Waals surface area contributed by atoms with Crippen molar-refractivity contribution in [3.63, 3.8) is 0 Å². The first-order valence-electron chi connectivity index (χ1n) is 28.9. The Hall–Kier alpha value is -1.59. The van der Waals surface area contributed by atoms with Crippen LogP contribution in [0.1, 0.15) is 329 Å². The molecular weight excluding hydrogens is 793 g/mol. The van der Waals surface area contributed by atoms with E-state index in [0.717, 1.165) is 63.7 Å². The second-order valence-electron chi connectivity index (χ2n) is 20.4. The van der Waals surface area contributed by atoms with Crippen LogP contribution in [0.5, 0.6) is 0 Å². The molecule has 0 aromatic rings. The molecule has 0 amide bonds. The van der Waals surface area contributed by atoms with Crippen LogP contribution in [-0.2, 0) is 28.6 Å². The fourth-order valence-corrected chi connectivity index (χ4v) is 8.92. The minimum absolute atomic E-state index is 0.0621. The number of unbranched alkanes of at least 4 members (excludes halogenated alkanes) is 40. The first-order valence-corrected chi connectivity index (χ1v) is 28.9. The number of rotatable bonds is 53. The predicted molar refractivity (Wildman–Crippen MR) is 275 cm³/mol. The van der Waals surface area contributed by atoms with E-state index in [1.54, 1.807) is 0 Å². The van der Waals surface area contributed by atoms with E-state index >= 15 is 0 Å². The summed E-state index contributed by atoms with van der Waals surface area (Å²) in [6, 6.07) is 0. The fraction of sp³-hybridized carbons (Fsp3) is 0.948. The summed E-state index contributed by atoms with van der Waals surface area (Å²) in [4.78, 5) is 38.0. The van der Waals surface area contributed by atoms with Crippen LogP contribution in [0.3, 0.4) is 0 Å². The molecule has 6 heteroatoms. The lowest BCUT2D eigenvalue weighted by atomic mass is 10.0. The van der Waals surface area contributed by atoms with Gasteiger partial charge in [-0.2, -0.15) is 0 Å². The monoisotopic (exact) mass is 905 g/mol. The zero-order valence-electron chi connectivity index (χ0n) is 43.8. The van der Waals surface area contributed by atoms with Crippen LogP contribution in [0, 0.1) is 5.92 Å². The van der Waals surface area contributed by atoms with Gasteiger partial charge in [-0.25, -0.2) is 0 Å². The van der Waals surface area contributed by atoms with E-state index in [1.807, 2.05) is 0 Å². The zero-order chi connectivity index (χ0) is 46.7. The lowest BCUT2D eigenvalue weighted by molar-refractivity contribution is -0.167. The summed E-state index contributed by atoms with van der Waals surface area (Å²) >= 11 is 0. The van der Waals surface area contributed by atoms with Gasteiger partial charge >= 0.3 is 17.9 Å². The van der Waals surface area contributed by atoms with Gasteiger partial charge in [-0.05, 0) is 25.2 Å². The smallest absolute Gasteiger partial charge is 0.306 e. The lowest BCUT2D eigenvalue weighted by Gasteiger charge is -2.18. The van der Waals surface area contributed by atoms with E-state index in [4.69, 9.17) is 14.2 Å². The van der Waals surface area contributed by atoms with Gasteiger partial charge in [0.05, 0.1) is 0 Å². The minimum atomic E-state index is -0.761. The number of hydrogen-bond donors (Lipinski definition) is 0. The van der Waals surface area contributed by atoms with Crippen molar-refractivity contribution in [2.24, 2.45) is 5.92 Å². The molecule has 1 atom stereocenters. The molecule has 0 radical (unpaired) electrons. The molecule has 0 aliphatic heterocycles. The SMILES string of the molecule is CCCCCCCCCCCCCCCCCCCCCC(=O)OC[C@@H](COC(=O)CCCCCCCCCCCCCCCCC(C)C)OC(=O)CCCCCCCCCCCC. The highest BCUT2D eigenvalue weighted by molar-refractivity contribution is 5.71. The van der Waals surface area contributed by atoms with Gasteiger partial charge in [0.25, 0.3) is 0 Å². The maximum Gasteiger partial charge on any atom is 0.306 e. The average Bonchev–Trinajstić information content (AvgIpc) is 3.28. The fourth-order valence-electron chi connectivity index (χ4n) is 8.92. The van der Waals surface area contributed by atoms with Crippen LogP contribution in [0.25, 0.3) is 0 Å². The molecule has 0 saturated heterocycles. The van der Waals surface area contributed by atoms with E-state index in [-0.39, 0.29) is 31.1 Å². The van der Waals surface area contributed by atoms with Gasteiger partial charge in [-0.15, -0.1) is 0 Å².